The third-order valence-electron chi connectivity index (χ3n) is 5.21. The highest BCUT2D eigenvalue weighted by Crippen LogP contribution is 2.46. The highest BCUT2D eigenvalue weighted by atomic mass is 16.4. The summed E-state index contributed by atoms with van der Waals surface area (Å²) in [6.07, 6.45) is 0.891. The molecular weight excluding hydrogens is 396 g/mol. The fourth-order valence-electron chi connectivity index (χ4n) is 3.42. The van der Waals surface area contributed by atoms with E-state index in [0.29, 0.717) is 11.1 Å². The molecule has 6 heteroatoms. The Balaban J connectivity index is 2.42. The minimum absolute atomic E-state index is 0.0447. The molecule has 3 aromatic rings. The Hall–Kier alpha value is -3.51. The predicted molar refractivity (Wildman–Crippen MR) is 121 cm³/mol. The molecule has 1 unspecified atom stereocenters. The first-order chi connectivity index (χ1) is 14.6. The zero-order valence-corrected chi connectivity index (χ0v) is 17.8. The van der Waals surface area contributed by atoms with Gasteiger partial charge in [0.05, 0.1) is 6.10 Å². The number of hydrogen-bond acceptors (Lipinski definition) is 6. The number of fused-ring (bicyclic) bond motifs is 1. The van der Waals surface area contributed by atoms with Gasteiger partial charge in [0.15, 0.2) is 5.58 Å². The predicted octanol–water partition coefficient (Wildman–Crippen LogP) is 4.57. The molecule has 1 atom stereocenters. The molecule has 0 aliphatic rings. The van der Waals surface area contributed by atoms with Crippen LogP contribution in [0.4, 0.5) is 0 Å². The van der Waals surface area contributed by atoms with Crippen molar-refractivity contribution in [3.05, 3.63) is 75.7 Å². The maximum atomic E-state index is 12.8. The molecule has 4 N–H and O–H groups in total. The highest BCUT2D eigenvalue weighted by molar-refractivity contribution is 5.98. The molecule has 162 valence electrons. The molecule has 0 fully saturated rings. The van der Waals surface area contributed by atoms with Crippen molar-refractivity contribution in [3.63, 3.8) is 0 Å². The fourth-order valence-corrected chi connectivity index (χ4v) is 3.42. The van der Waals surface area contributed by atoms with Crippen LogP contribution < -0.4 is 5.63 Å². The lowest BCUT2D eigenvalue weighted by Gasteiger charge is -2.18. The van der Waals surface area contributed by atoms with E-state index in [1.54, 1.807) is 37.3 Å². The lowest BCUT2D eigenvalue weighted by molar-refractivity contribution is 0.209. The van der Waals surface area contributed by atoms with E-state index in [9.17, 15) is 25.2 Å². The minimum atomic E-state index is -1.02. The Morgan fingerprint density at radius 1 is 1.03 bits per heavy atom. The van der Waals surface area contributed by atoms with Gasteiger partial charge in [-0.15, -0.1) is 0 Å². The van der Waals surface area contributed by atoms with Crippen LogP contribution in [-0.2, 0) is 12.8 Å². The number of aromatic hydroxyl groups is 3. The molecular formula is C25H26O6. The molecule has 3 rings (SSSR count). The Labute approximate surface area is 180 Å². The van der Waals surface area contributed by atoms with Crippen molar-refractivity contribution in [2.75, 3.05) is 0 Å². The van der Waals surface area contributed by atoms with Gasteiger partial charge in [-0.25, -0.2) is 4.79 Å². The monoisotopic (exact) mass is 422 g/mol. The summed E-state index contributed by atoms with van der Waals surface area (Å²) in [7, 11) is 0. The van der Waals surface area contributed by atoms with E-state index in [-0.39, 0.29) is 46.3 Å². The highest BCUT2D eigenvalue weighted by Gasteiger charge is 2.27. The zero-order valence-electron chi connectivity index (χ0n) is 17.8. The molecule has 0 aliphatic heterocycles. The van der Waals surface area contributed by atoms with E-state index in [1.165, 1.54) is 0 Å². The van der Waals surface area contributed by atoms with Crippen molar-refractivity contribution < 1.29 is 24.8 Å². The molecule has 0 bridgehead atoms. The largest absolute Gasteiger partial charge is 0.507 e. The summed E-state index contributed by atoms with van der Waals surface area (Å²) in [5.74, 6) is -1.19. The molecule has 0 spiro atoms. The first-order valence-corrected chi connectivity index (χ1v) is 9.91. The lowest BCUT2D eigenvalue weighted by atomic mass is 9.93. The molecule has 2 aromatic carbocycles. The number of rotatable bonds is 6. The Morgan fingerprint density at radius 3 is 2.26 bits per heavy atom. The number of allylic oxidation sites excluding steroid dienone is 2. The first-order valence-electron chi connectivity index (χ1n) is 9.91. The van der Waals surface area contributed by atoms with E-state index < -0.39 is 23.2 Å². The number of hydrogen-bond donors (Lipinski definition) is 4. The van der Waals surface area contributed by atoms with Gasteiger partial charge in [-0.05, 0) is 32.8 Å². The van der Waals surface area contributed by atoms with Crippen LogP contribution in [0.2, 0.25) is 0 Å². The van der Waals surface area contributed by atoms with Crippen LogP contribution >= 0.6 is 0 Å². The molecule has 0 aliphatic carbocycles. The fraction of sp³-hybridized carbons (Fsp3) is 0.240. The van der Waals surface area contributed by atoms with Gasteiger partial charge in [-0.2, -0.15) is 0 Å². The van der Waals surface area contributed by atoms with Crippen molar-refractivity contribution in [1.82, 2.24) is 0 Å². The summed E-state index contributed by atoms with van der Waals surface area (Å²) in [5.41, 5.74) is 1.17. The van der Waals surface area contributed by atoms with Crippen LogP contribution in [0.3, 0.4) is 0 Å². The molecule has 0 saturated heterocycles. The summed E-state index contributed by atoms with van der Waals surface area (Å²) in [6, 6.07) is 8.48. The molecule has 0 saturated carbocycles. The maximum Gasteiger partial charge on any atom is 0.347 e. The molecule has 1 heterocycles. The zero-order chi connectivity index (χ0) is 22.9. The SMILES string of the molecule is C=C(C)C(O)Cc1c(O)c(CC=C(C)C)c2oc(=O)c(-c3ccccc3)c(O)c2c1O. The summed E-state index contributed by atoms with van der Waals surface area (Å²) in [4.78, 5) is 12.8. The van der Waals surface area contributed by atoms with Crippen LogP contribution in [-0.4, -0.2) is 26.5 Å². The van der Waals surface area contributed by atoms with E-state index in [2.05, 4.69) is 6.58 Å². The van der Waals surface area contributed by atoms with Crippen LogP contribution in [0, 0.1) is 0 Å². The second kappa shape index (κ2) is 8.70. The van der Waals surface area contributed by atoms with E-state index in [4.69, 9.17) is 4.42 Å². The number of benzene rings is 2. The number of phenolic OH excluding ortho intramolecular Hbond substituents is 2. The van der Waals surface area contributed by atoms with Gasteiger partial charge >= 0.3 is 5.63 Å². The van der Waals surface area contributed by atoms with Gasteiger partial charge in [0.2, 0.25) is 0 Å². The smallest absolute Gasteiger partial charge is 0.347 e. The van der Waals surface area contributed by atoms with Gasteiger partial charge in [-0.1, -0.05) is 54.1 Å². The summed E-state index contributed by atoms with van der Waals surface area (Å²) < 4.78 is 5.52. The van der Waals surface area contributed by atoms with Crippen LogP contribution in [0.15, 0.2) is 63.3 Å². The lowest BCUT2D eigenvalue weighted by Crippen LogP contribution is -2.12. The molecule has 0 amide bonds. The van der Waals surface area contributed by atoms with Crippen LogP contribution in [0.1, 0.15) is 31.9 Å². The van der Waals surface area contributed by atoms with Crippen LogP contribution in [0.25, 0.3) is 22.1 Å². The Morgan fingerprint density at radius 2 is 1.68 bits per heavy atom. The van der Waals surface area contributed by atoms with E-state index in [0.717, 1.165) is 5.57 Å². The topological polar surface area (TPSA) is 111 Å². The average Bonchev–Trinajstić information content (AvgIpc) is 2.71. The van der Waals surface area contributed by atoms with Gasteiger partial charge in [0, 0.05) is 17.5 Å². The Bertz CT molecular complexity index is 1230. The minimum Gasteiger partial charge on any atom is -0.507 e. The summed E-state index contributed by atoms with van der Waals surface area (Å²) in [5, 5.41) is 43.1. The average molecular weight is 422 g/mol. The second-order valence-corrected chi connectivity index (χ2v) is 7.89. The van der Waals surface area contributed by atoms with E-state index in [1.807, 2.05) is 19.9 Å². The van der Waals surface area contributed by atoms with Crippen molar-refractivity contribution >= 4 is 11.0 Å². The standard InChI is InChI=1S/C25H26O6/c1-13(2)10-11-16-21(27)17(12-18(26)14(3)4)22(28)20-23(29)19(25(30)31-24(16)20)15-8-6-5-7-9-15/h5-10,18,26-29H,3,11-12H2,1-2,4H3. The third kappa shape index (κ3) is 4.20. The van der Waals surface area contributed by atoms with Crippen molar-refractivity contribution in [3.8, 4) is 28.4 Å². The van der Waals surface area contributed by atoms with Gasteiger partial charge in [0.25, 0.3) is 0 Å². The number of phenols is 2. The van der Waals surface area contributed by atoms with Gasteiger partial charge in [0.1, 0.15) is 28.2 Å². The maximum absolute atomic E-state index is 12.8. The van der Waals surface area contributed by atoms with Gasteiger partial charge in [-0.3, -0.25) is 0 Å². The third-order valence-corrected chi connectivity index (χ3v) is 5.21. The normalized spacial score (nSPS) is 12.0. The van der Waals surface area contributed by atoms with Crippen LogP contribution in [0.5, 0.6) is 17.2 Å². The summed E-state index contributed by atoms with van der Waals surface area (Å²) >= 11 is 0. The van der Waals surface area contributed by atoms with Gasteiger partial charge < -0.3 is 24.8 Å². The van der Waals surface area contributed by atoms with E-state index >= 15 is 0 Å². The molecule has 31 heavy (non-hydrogen) atoms. The Kier molecular flexibility index (Phi) is 6.22. The summed E-state index contributed by atoms with van der Waals surface area (Å²) in [6.45, 7) is 9.10. The number of aliphatic hydroxyl groups is 1. The van der Waals surface area contributed by atoms with Crippen molar-refractivity contribution in [2.24, 2.45) is 0 Å². The van der Waals surface area contributed by atoms with Crippen molar-refractivity contribution in [2.45, 2.75) is 39.7 Å². The molecule has 1 aromatic heterocycles. The second-order valence-electron chi connectivity index (χ2n) is 7.89. The van der Waals surface area contributed by atoms with Crippen molar-refractivity contribution in [1.29, 1.82) is 0 Å². The quantitative estimate of drug-likeness (QED) is 0.342. The molecule has 6 nitrogen and oxygen atoms in total. The number of aliphatic hydroxyl groups excluding tert-OH is 1. The first kappa shape index (κ1) is 22.2. The molecule has 0 radical (unpaired) electrons.